The first kappa shape index (κ1) is 25.7. The van der Waals surface area contributed by atoms with Gasteiger partial charge < -0.3 is 25.2 Å². The van der Waals surface area contributed by atoms with Gasteiger partial charge >= 0.3 is 18.0 Å². The summed E-state index contributed by atoms with van der Waals surface area (Å²) in [6.45, 7) is 2.26. The van der Waals surface area contributed by atoms with Crippen molar-refractivity contribution in [3.63, 3.8) is 0 Å². The molecule has 0 saturated carbocycles. The number of hydrogen-bond donors (Lipinski definition) is 3. The molecule has 0 radical (unpaired) electrons. The molecule has 0 aromatic heterocycles. The van der Waals surface area contributed by atoms with Crippen molar-refractivity contribution in [2.75, 3.05) is 19.8 Å². The van der Waals surface area contributed by atoms with E-state index in [9.17, 15) is 19.2 Å². The van der Waals surface area contributed by atoms with Crippen LogP contribution in [0.5, 0.6) is 0 Å². The summed E-state index contributed by atoms with van der Waals surface area (Å²) in [5, 5.41) is 14.1. The van der Waals surface area contributed by atoms with E-state index in [1.165, 1.54) is 0 Å². The molecule has 2 amide bonds. The van der Waals surface area contributed by atoms with Crippen LogP contribution >= 0.6 is 0 Å². The molecule has 1 aliphatic carbocycles. The second-order valence-corrected chi connectivity index (χ2v) is 8.15. The minimum Gasteiger partial charge on any atom is -0.481 e. The van der Waals surface area contributed by atoms with Crippen molar-refractivity contribution < 1.29 is 33.8 Å². The minimum atomic E-state index is -1.08. The molecule has 0 spiro atoms. The smallest absolute Gasteiger partial charge is 0.407 e. The number of nitrogens with one attached hydrogen (secondary N) is 2. The van der Waals surface area contributed by atoms with Crippen LogP contribution in [0.2, 0.25) is 0 Å². The van der Waals surface area contributed by atoms with E-state index in [0.717, 1.165) is 22.3 Å². The van der Waals surface area contributed by atoms with Crippen molar-refractivity contribution >= 4 is 23.9 Å². The zero-order chi connectivity index (χ0) is 25.2. The number of esters is 1. The van der Waals surface area contributed by atoms with Crippen LogP contribution in [0, 0.1) is 0 Å². The van der Waals surface area contributed by atoms with Gasteiger partial charge in [0.2, 0.25) is 5.91 Å². The fraction of sp³-hybridized carbons (Fsp3) is 0.385. The molecule has 0 saturated heterocycles. The predicted octanol–water partition coefficient (Wildman–Crippen LogP) is 3.22. The fourth-order valence-corrected chi connectivity index (χ4v) is 4.12. The van der Waals surface area contributed by atoms with Crippen molar-refractivity contribution in [3.8, 4) is 11.1 Å². The maximum absolute atomic E-state index is 12.6. The third kappa shape index (κ3) is 7.05. The number of alkyl carbamates (subject to hydrolysis) is 1. The van der Waals surface area contributed by atoms with Crippen LogP contribution in [0.15, 0.2) is 48.5 Å². The Kier molecular flexibility index (Phi) is 9.23. The Labute approximate surface area is 203 Å². The number of hydrogen-bond acceptors (Lipinski definition) is 6. The highest BCUT2D eigenvalue weighted by Crippen LogP contribution is 2.44. The number of carbonyl (C=O) groups excluding carboxylic acids is 3. The third-order valence-electron chi connectivity index (χ3n) is 5.76. The van der Waals surface area contributed by atoms with Gasteiger partial charge in [-0.05, 0) is 42.0 Å². The molecule has 1 aliphatic rings. The summed E-state index contributed by atoms with van der Waals surface area (Å²) in [5.41, 5.74) is 4.31. The third-order valence-corrected chi connectivity index (χ3v) is 5.76. The summed E-state index contributed by atoms with van der Waals surface area (Å²) in [6, 6.07) is 14.8. The molecular weight excluding hydrogens is 452 g/mol. The van der Waals surface area contributed by atoms with Gasteiger partial charge in [0.05, 0.1) is 6.61 Å². The lowest BCUT2D eigenvalue weighted by Gasteiger charge is -2.19. The summed E-state index contributed by atoms with van der Waals surface area (Å²) in [5.74, 6) is -2.12. The summed E-state index contributed by atoms with van der Waals surface area (Å²) in [7, 11) is 0. The number of amides is 2. The zero-order valence-corrected chi connectivity index (χ0v) is 19.6. The van der Waals surface area contributed by atoms with E-state index in [-0.39, 0.29) is 50.9 Å². The first-order valence-electron chi connectivity index (χ1n) is 11.7. The normalized spacial score (nSPS) is 12.7. The maximum atomic E-state index is 12.6. The van der Waals surface area contributed by atoms with Crippen LogP contribution in [-0.2, 0) is 23.9 Å². The zero-order valence-electron chi connectivity index (χ0n) is 19.6. The highest BCUT2D eigenvalue weighted by molar-refractivity contribution is 5.86. The van der Waals surface area contributed by atoms with Gasteiger partial charge in [-0.15, -0.1) is 0 Å². The fourth-order valence-electron chi connectivity index (χ4n) is 4.12. The molecule has 9 heteroatoms. The Hall–Kier alpha value is -3.88. The first-order valence-corrected chi connectivity index (χ1v) is 11.7. The van der Waals surface area contributed by atoms with Crippen molar-refractivity contribution in [3.05, 3.63) is 59.7 Å². The highest BCUT2D eigenvalue weighted by atomic mass is 16.5. The molecule has 9 nitrogen and oxygen atoms in total. The van der Waals surface area contributed by atoms with Gasteiger partial charge in [0.15, 0.2) is 0 Å². The van der Waals surface area contributed by atoms with E-state index in [0.29, 0.717) is 6.42 Å². The van der Waals surface area contributed by atoms with Gasteiger partial charge in [0.25, 0.3) is 0 Å². The van der Waals surface area contributed by atoms with Crippen LogP contribution < -0.4 is 10.6 Å². The summed E-state index contributed by atoms with van der Waals surface area (Å²) in [6.07, 6.45) is -0.688. The number of benzene rings is 2. The van der Waals surface area contributed by atoms with Crippen molar-refractivity contribution in [1.29, 1.82) is 0 Å². The van der Waals surface area contributed by atoms with Crippen molar-refractivity contribution in [2.45, 2.75) is 44.6 Å². The van der Waals surface area contributed by atoms with Crippen LogP contribution in [-0.4, -0.2) is 54.8 Å². The number of carbonyl (C=O) groups is 4. The largest absolute Gasteiger partial charge is 0.481 e. The monoisotopic (exact) mass is 482 g/mol. The molecule has 35 heavy (non-hydrogen) atoms. The number of rotatable bonds is 12. The van der Waals surface area contributed by atoms with Crippen molar-refractivity contribution in [2.24, 2.45) is 0 Å². The summed E-state index contributed by atoms with van der Waals surface area (Å²) >= 11 is 0. The van der Waals surface area contributed by atoms with Gasteiger partial charge in [-0.25, -0.2) is 4.79 Å². The van der Waals surface area contributed by atoms with Crippen molar-refractivity contribution in [1.82, 2.24) is 10.6 Å². The molecule has 0 aliphatic heterocycles. The molecule has 3 N–H and O–H groups in total. The van der Waals surface area contributed by atoms with Crippen LogP contribution in [0.1, 0.15) is 49.7 Å². The second-order valence-electron chi connectivity index (χ2n) is 8.15. The first-order chi connectivity index (χ1) is 16.9. The summed E-state index contributed by atoms with van der Waals surface area (Å²) in [4.78, 5) is 47.5. The van der Waals surface area contributed by atoms with Crippen LogP contribution in [0.3, 0.4) is 0 Å². The Morgan fingerprint density at radius 3 is 2.17 bits per heavy atom. The molecule has 1 unspecified atom stereocenters. The number of carboxylic acid groups (broad SMARTS) is 1. The highest BCUT2D eigenvalue weighted by Gasteiger charge is 2.30. The lowest BCUT2D eigenvalue weighted by molar-refractivity contribution is -0.143. The molecule has 186 valence electrons. The minimum absolute atomic E-state index is 0.0761. The Bertz CT molecular complexity index is 1020. The number of aliphatic carboxylic acids is 1. The maximum Gasteiger partial charge on any atom is 0.407 e. The quantitative estimate of drug-likeness (QED) is 0.313. The second kappa shape index (κ2) is 12.5. The molecular formula is C26H30N2O7. The van der Waals surface area contributed by atoms with Gasteiger partial charge in [0, 0.05) is 25.3 Å². The standard InChI is InChI=1S/C26H30N2O7/c1-2-34-24(31)12-7-15-27-25(32)22(13-14-23(29)30)28-26(33)35-16-21-19-10-5-3-8-17(19)18-9-4-6-11-20(18)21/h3-6,8-11,21-22H,2,7,12-16H2,1H3,(H,27,32)(H,28,33)(H,29,30). The van der Waals surface area contributed by atoms with Gasteiger partial charge in [-0.1, -0.05) is 48.5 Å². The SMILES string of the molecule is CCOC(=O)CCCNC(=O)C(CCC(=O)O)NC(=O)OCC1c2ccccc2-c2ccccc21. The summed E-state index contributed by atoms with van der Waals surface area (Å²) < 4.78 is 10.3. The predicted molar refractivity (Wildman–Crippen MR) is 128 cm³/mol. The van der Waals surface area contributed by atoms with Gasteiger partial charge in [-0.3, -0.25) is 14.4 Å². The van der Waals surface area contributed by atoms with E-state index in [2.05, 4.69) is 10.6 Å². The average Bonchev–Trinajstić information content (AvgIpc) is 3.16. The Morgan fingerprint density at radius 1 is 0.943 bits per heavy atom. The lowest BCUT2D eigenvalue weighted by Crippen LogP contribution is -2.47. The lowest BCUT2D eigenvalue weighted by atomic mass is 9.98. The van der Waals surface area contributed by atoms with Crippen LogP contribution in [0.4, 0.5) is 4.79 Å². The number of fused-ring (bicyclic) bond motifs is 3. The number of ether oxygens (including phenoxy) is 2. The van der Waals surface area contributed by atoms with E-state index in [1.54, 1.807) is 6.92 Å². The molecule has 2 aromatic rings. The molecule has 3 rings (SSSR count). The topological polar surface area (TPSA) is 131 Å². The molecule has 2 aromatic carbocycles. The van der Waals surface area contributed by atoms with Gasteiger partial charge in [-0.2, -0.15) is 0 Å². The molecule has 0 heterocycles. The van der Waals surface area contributed by atoms with Crippen LogP contribution in [0.25, 0.3) is 11.1 Å². The van der Waals surface area contributed by atoms with E-state index >= 15 is 0 Å². The van der Waals surface area contributed by atoms with E-state index < -0.39 is 24.0 Å². The molecule has 0 bridgehead atoms. The molecule has 0 fully saturated rings. The number of carboxylic acids is 1. The van der Waals surface area contributed by atoms with Gasteiger partial charge in [0.1, 0.15) is 12.6 Å². The van der Waals surface area contributed by atoms with E-state index in [1.807, 2.05) is 48.5 Å². The molecule has 1 atom stereocenters. The Morgan fingerprint density at radius 2 is 1.57 bits per heavy atom. The van der Waals surface area contributed by atoms with E-state index in [4.69, 9.17) is 14.6 Å². The Balaban J connectivity index is 1.56. The average molecular weight is 483 g/mol.